The van der Waals surface area contributed by atoms with Crippen LogP contribution in [-0.4, -0.2) is 19.8 Å². The molecule has 1 aromatic rings. The standard InChI is InChI=1S/C14H20O3S/c1-5-11-18(15,16)13-9-7-12(8-10-13)17-14(3,4)6-2/h6-10H,2,5,11H2,1,3-4H3. The average Bonchev–Trinajstić information content (AvgIpc) is 2.29. The molecule has 1 aromatic carbocycles. The lowest BCUT2D eigenvalue weighted by atomic mass is 10.1. The van der Waals surface area contributed by atoms with E-state index in [0.717, 1.165) is 0 Å². The van der Waals surface area contributed by atoms with Gasteiger partial charge in [0, 0.05) is 0 Å². The minimum Gasteiger partial charge on any atom is -0.484 e. The van der Waals surface area contributed by atoms with Crippen molar-refractivity contribution < 1.29 is 13.2 Å². The Balaban J connectivity index is 2.90. The van der Waals surface area contributed by atoms with Crippen LogP contribution in [0, 0.1) is 0 Å². The fraction of sp³-hybridized carbons (Fsp3) is 0.429. The summed E-state index contributed by atoms with van der Waals surface area (Å²) in [5.41, 5.74) is -0.468. The van der Waals surface area contributed by atoms with Crippen molar-refractivity contribution in [3.05, 3.63) is 36.9 Å². The van der Waals surface area contributed by atoms with Crippen LogP contribution in [0.4, 0.5) is 0 Å². The average molecular weight is 268 g/mol. The van der Waals surface area contributed by atoms with Crippen molar-refractivity contribution >= 4 is 9.84 Å². The van der Waals surface area contributed by atoms with E-state index in [0.29, 0.717) is 17.1 Å². The number of sulfone groups is 1. The first-order valence-corrected chi connectivity index (χ1v) is 7.61. The van der Waals surface area contributed by atoms with Crippen LogP contribution in [0.1, 0.15) is 27.2 Å². The van der Waals surface area contributed by atoms with Crippen LogP contribution in [0.3, 0.4) is 0 Å². The summed E-state index contributed by atoms with van der Waals surface area (Å²) >= 11 is 0. The van der Waals surface area contributed by atoms with Gasteiger partial charge in [0.25, 0.3) is 0 Å². The van der Waals surface area contributed by atoms with Crippen LogP contribution < -0.4 is 4.74 Å². The van der Waals surface area contributed by atoms with E-state index in [9.17, 15) is 8.42 Å². The summed E-state index contributed by atoms with van der Waals surface area (Å²) < 4.78 is 29.3. The molecule has 0 aliphatic rings. The Morgan fingerprint density at radius 2 is 1.83 bits per heavy atom. The summed E-state index contributed by atoms with van der Waals surface area (Å²) in [5, 5.41) is 0. The molecular formula is C14H20O3S. The number of benzene rings is 1. The zero-order valence-electron chi connectivity index (χ0n) is 11.1. The van der Waals surface area contributed by atoms with Crippen LogP contribution in [0.15, 0.2) is 41.8 Å². The monoisotopic (exact) mass is 268 g/mol. The first-order chi connectivity index (χ1) is 8.30. The summed E-state index contributed by atoms with van der Waals surface area (Å²) in [5.74, 6) is 0.807. The largest absolute Gasteiger partial charge is 0.484 e. The summed E-state index contributed by atoms with van der Waals surface area (Å²) in [4.78, 5) is 0.341. The smallest absolute Gasteiger partial charge is 0.178 e. The van der Waals surface area contributed by atoms with Crippen LogP contribution in [0.2, 0.25) is 0 Å². The van der Waals surface area contributed by atoms with Gasteiger partial charge in [-0.2, -0.15) is 0 Å². The zero-order chi connectivity index (χ0) is 13.8. The van der Waals surface area contributed by atoms with Gasteiger partial charge in [0.15, 0.2) is 9.84 Å². The third-order valence-electron chi connectivity index (χ3n) is 2.53. The third-order valence-corrected chi connectivity index (χ3v) is 4.46. The summed E-state index contributed by atoms with van der Waals surface area (Å²) in [6.07, 6.45) is 2.32. The second kappa shape index (κ2) is 5.57. The molecule has 0 aromatic heterocycles. The van der Waals surface area contributed by atoms with Gasteiger partial charge in [0.1, 0.15) is 11.4 Å². The highest BCUT2D eigenvalue weighted by atomic mass is 32.2. The summed E-state index contributed by atoms with van der Waals surface area (Å²) in [6.45, 7) is 9.32. The second-order valence-electron chi connectivity index (χ2n) is 4.70. The highest BCUT2D eigenvalue weighted by Crippen LogP contribution is 2.22. The maximum atomic E-state index is 11.8. The van der Waals surface area contributed by atoms with E-state index < -0.39 is 15.4 Å². The maximum Gasteiger partial charge on any atom is 0.178 e. The molecule has 18 heavy (non-hydrogen) atoms. The molecule has 1 rings (SSSR count). The van der Waals surface area contributed by atoms with E-state index >= 15 is 0 Å². The van der Waals surface area contributed by atoms with E-state index in [-0.39, 0.29) is 5.75 Å². The van der Waals surface area contributed by atoms with Crippen LogP contribution in [0.5, 0.6) is 5.75 Å². The van der Waals surface area contributed by atoms with Crippen molar-refractivity contribution in [2.24, 2.45) is 0 Å². The van der Waals surface area contributed by atoms with E-state index in [1.54, 1.807) is 30.3 Å². The van der Waals surface area contributed by atoms with E-state index in [1.807, 2.05) is 20.8 Å². The summed E-state index contributed by atoms with van der Waals surface area (Å²) in [7, 11) is -3.15. The molecule has 0 saturated carbocycles. The first kappa shape index (κ1) is 14.8. The first-order valence-electron chi connectivity index (χ1n) is 5.96. The lowest BCUT2D eigenvalue weighted by Gasteiger charge is -2.22. The van der Waals surface area contributed by atoms with Gasteiger partial charge in [-0.15, -0.1) is 0 Å². The van der Waals surface area contributed by atoms with Gasteiger partial charge >= 0.3 is 0 Å². The molecule has 0 aliphatic heterocycles. The van der Waals surface area contributed by atoms with Crippen molar-refractivity contribution in [2.75, 3.05) is 5.75 Å². The van der Waals surface area contributed by atoms with Gasteiger partial charge < -0.3 is 4.74 Å². The molecule has 0 radical (unpaired) electrons. The molecule has 0 unspecified atom stereocenters. The Bertz CT molecular complexity index is 498. The van der Waals surface area contributed by atoms with E-state index in [1.165, 1.54) is 0 Å². The quantitative estimate of drug-likeness (QED) is 0.744. The lowest BCUT2D eigenvalue weighted by Crippen LogP contribution is -2.24. The molecule has 0 bridgehead atoms. The molecule has 3 nitrogen and oxygen atoms in total. The molecule has 0 atom stereocenters. The molecule has 0 aliphatic carbocycles. The minimum absolute atomic E-state index is 0.172. The maximum absolute atomic E-state index is 11.8. The van der Waals surface area contributed by atoms with Crippen molar-refractivity contribution in [3.8, 4) is 5.75 Å². The highest BCUT2D eigenvalue weighted by Gasteiger charge is 2.16. The molecule has 4 heteroatoms. The second-order valence-corrected chi connectivity index (χ2v) is 6.81. The van der Waals surface area contributed by atoms with Crippen LogP contribution in [-0.2, 0) is 9.84 Å². The predicted octanol–water partition coefficient (Wildman–Crippen LogP) is 3.21. The number of hydrogen-bond acceptors (Lipinski definition) is 3. The fourth-order valence-electron chi connectivity index (χ4n) is 1.45. The third kappa shape index (κ3) is 3.88. The molecule has 0 heterocycles. The van der Waals surface area contributed by atoms with E-state index in [2.05, 4.69) is 6.58 Å². The van der Waals surface area contributed by atoms with Gasteiger partial charge in [-0.05, 0) is 50.6 Å². The molecular weight excluding hydrogens is 248 g/mol. The van der Waals surface area contributed by atoms with Crippen LogP contribution in [0.25, 0.3) is 0 Å². The highest BCUT2D eigenvalue weighted by molar-refractivity contribution is 7.91. The number of ether oxygens (including phenoxy) is 1. The topological polar surface area (TPSA) is 43.4 Å². The fourth-order valence-corrected chi connectivity index (χ4v) is 2.77. The van der Waals surface area contributed by atoms with E-state index in [4.69, 9.17) is 4.74 Å². The van der Waals surface area contributed by atoms with Gasteiger partial charge in [0.05, 0.1) is 10.6 Å². The minimum atomic E-state index is -3.15. The van der Waals surface area contributed by atoms with Gasteiger partial charge in [0.2, 0.25) is 0 Å². The normalized spacial score (nSPS) is 12.2. The molecule has 0 amide bonds. The molecule has 100 valence electrons. The lowest BCUT2D eigenvalue weighted by molar-refractivity contribution is 0.162. The number of rotatable bonds is 6. The van der Waals surface area contributed by atoms with Crippen molar-refractivity contribution in [1.82, 2.24) is 0 Å². The Morgan fingerprint density at radius 1 is 1.28 bits per heavy atom. The zero-order valence-corrected chi connectivity index (χ0v) is 12.0. The van der Waals surface area contributed by atoms with Crippen molar-refractivity contribution in [2.45, 2.75) is 37.7 Å². The Kier molecular flexibility index (Phi) is 4.57. The molecule has 0 spiro atoms. The Labute approximate surface area is 109 Å². The molecule has 0 N–H and O–H groups in total. The Hall–Kier alpha value is -1.29. The molecule has 0 fully saturated rings. The van der Waals surface area contributed by atoms with Crippen LogP contribution >= 0.6 is 0 Å². The number of hydrogen-bond donors (Lipinski definition) is 0. The van der Waals surface area contributed by atoms with Gasteiger partial charge in [-0.1, -0.05) is 13.5 Å². The molecule has 0 saturated heterocycles. The van der Waals surface area contributed by atoms with Crippen molar-refractivity contribution in [1.29, 1.82) is 0 Å². The summed E-state index contributed by atoms with van der Waals surface area (Å²) in [6, 6.07) is 6.51. The van der Waals surface area contributed by atoms with Crippen molar-refractivity contribution in [3.63, 3.8) is 0 Å². The Morgan fingerprint density at radius 3 is 2.28 bits per heavy atom. The predicted molar refractivity (Wildman–Crippen MR) is 73.7 cm³/mol. The van der Waals surface area contributed by atoms with Gasteiger partial charge in [-0.25, -0.2) is 8.42 Å². The van der Waals surface area contributed by atoms with Gasteiger partial charge in [-0.3, -0.25) is 0 Å². The SMILES string of the molecule is C=CC(C)(C)Oc1ccc(S(=O)(=O)CCC)cc1.